The highest BCUT2D eigenvalue weighted by molar-refractivity contribution is 5.84. The molecular formula is C31H34FN3O5. The number of carboxylic acids is 1. The number of carboxylic acid groups (broad SMARTS) is 1. The summed E-state index contributed by atoms with van der Waals surface area (Å²) in [5.74, 6) is 0.00462. The zero-order chi connectivity index (χ0) is 27.9. The first-order chi connectivity index (χ1) is 19.3. The van der Waals surface area contributed by atoms with Gasteiger partial charge in [-0.1, -0.05) is 18.2 Å². The molecule has 8 nitrogen and oxygen atoms in total. The van der Waals surface area contributed by atoms with Crippen molar-refractivity contribution in [2.45, 2.75) is 64.0 Å². The van der Waals surface area contributed by atoms with Gasteiger partial charge in [-0.2, -0.15) is 0 Å². The second-order valence-electron chi connectivity index (χ2n) is 11.0. The van der Waals surface area contributed by atoms with Gasteiger partial charge in [-0.25, -0.2) is 14.2 Å². The molecule has 2 fully saturated rings. The van der Waals surface area contributed by atoms with E-state index in [0.29, 0.717) is 30.2 Å². The maximum Gasteiger partial charge on any atom is 0.328 e. The average Bonchev–Trinajstić information content (AvgIpc) is 3.45. The van der Waals surface area contributed by atoms with E-state index < -0.39 is 11.8 Å². The Hall–Kier alpha value is -3.69. The minimum absolute atomic E-state index is 0.136. The number of aryl methyl sites for hydroxylation is 1. The predicted octanol–water partition coefficient (Wildman–Crippen LogP) is 5.24. The zero-order valence-corrected chi connectivity index (χ0v) is 22.8. The molecule has 3 aliphatic heterocycles. The Bertz CT molecular complexity index is 1440. The molecule has 0 unspecified atom stereocenters. The topological polar surface area (TPSA) is 86.1 Å². The summed E-state index contributed by atoms with van der Waals surface area (Å²) in [7, 11) is 0. The Kier molecular flexibility index (Phi) is 7.10. The number of fused-ring (bicyclic) bond motifs is 1. The lowest BCUT2D eigenvalue weighted by molar-refractivity contribution is -0.131. The fourth-order valence-electron chi connectivity index (χ4n) is 5.86. The van der Waals surface area contributed by atoms with Crippen LogP contribution in [0, 0.1) is 12.7 Å². The summed E-state index contributed by atoms with van der Waals surface area (Å²) < 4.78 is 35.1. The van der Waals surface area contributed by atoms with Crippen LogP contribution in [0.4, 0.5) is 4.39 Å². The Morgan fingerprint density at radius 1 is 1.20 bits per heavy atom. The van der Waals surface area contributed by atoms with Crippen molar-refractivity contribution in [1.82, 2.24) is 14.5 Å². The standard InChI is InChI=1S/C31H34FN3O5/c1-20-6-8-25(26(32)16-20)31(2)39-27-5-3-4-24(30(27)40-31)21-10-13-34(14-11-21)19-28-33-17-22(7-9-29(36)37)35(28)18-23-12-15-38-23/h3-9,16-17,21,23H,10-15,18-19H2,1-2H3,(H,36,37)/b9-7+/t23-,31-/m0/s1. The van der Waals surface area contributed by atoms with Crippen LogP contribution in [0.5, 0.6) is 11.5 Å². The van der Waals surface area contributed by atoms with Crippen molar-refractivity contribution in [1.29, 1.82) is 0 Å². The number of benzene rings is 2. The van der Waals surface area contributed by atoms with Crippen LogP contribution < -0.4 is 9.47 Å². The molecule has 2 atom stereocenters. The van der Waals surface area contributed by atoms with Gasteiger partial charge in [0.05, 0.1) is 36.6 Å². The van der Waals surface area contributed by atoms with Gasteiger partial charge in [0.1, 0.15) is 11.6 Å². The Labute approximate surface area is 233 Å². The first kappa shape index (κ1) is 26.5. The van der Waals surface area contributed by atoms with Crippen LogP contribution in [0.15, 0.2) is 48.7 Å². The van der Waals surface area contributed by atoms with E-state index in [-0.39, 0.29) is 17.8 Å². The molecule has 3 aliphatic rings. The number of aromatic nitrogens is 2. The van der Waals surface area contributed by atoms with Gasteiger partial charge in [0.25, 0.3) is 5.79 Å². The molecule has 4 heterocycles. The van der Waals surface area contributed by atoms with Crippen molar-refractivity contribution in [2.24, 2.45) is 0 Å². The molecule has 0 amide bonds. The maximum atomic E-state index is 14.8. The fourth-order valence-corrected chi connectivity index (χ4v) is 5.86. The van der Waals surface area contributed by atoms with Crippen LogP contribution in [-0.4, -0.2) is 51.3 Å². The van der Waals surface area contributed by atoms with Crippen molar-refractivity contribution < 1.29 is 28.5 Å². The van der Waals surface area contributed by atoms with E-state index in [4.69, 9.17) is 19.3 Å². The van der Waals surface area contributed by atoms with Crippen LogP contribution in [0.25, 0.3) is 6.08 Å². The highest BCUT2D eigenvalue weighted by Gasteiger charge is 2.42. The largest absolute Gasteiger partial charge is 0.478 e. The van der Waals surface area contributed by atoms with Gasteiger partial charge in [0, 0.05) is 25.2 Å². The molecule has 40 heavy (non-hydrogen) atoms. The molecule has 3 aromatic rings. The number of halogens is 1. The molecule has 0 saturated carbocycles. The summed E-state index contributed by atoms with van der Waals surface area (Å²) in [5, 5.41) is 9.08. The van der Waals surface area contributed by atoms with E-state index in [9.17, 15) is 9.18 Å². The number of aliphatic carboxylic acids is 1. The Morgan fingerprint density at radius 3 is 2.70 bits per heavy atom. The fraction of sp³-hybridized carbons (Fsp3) is 0.419. The molecule has 1 N–H and O–H groups in total. The van der Waals surface area contributed by atoms with Gasteiger partial charge in [-0.3, -0.25) is 4.90 Å². The average molecular weight is 548 g/mol. The molecule has 210 valence electrons. The van der Waals surface area contributed by atoms with Gasteiger partial charge >= 0.3 is 5.97 Å². The molecule has 0 bridgehead atoms. The molecule has 6 rings (SSSR count). The van der Waals surface area contributed by atoms with E-state index >= 15 is 0 Å². The van der Waals surface area contributed by atoms with Crippen LogP contribution >= 0.6 is 0 Å². The minimum atomic E-state index is -1.22. The normalized spacial score (nSPS) is 23.0. The summed E-state index contributed by atoms with van der Waals surface area (Å²) in [6.45, 7) is 7.49. The number of rotatable bonds is 8. The number of ether oxygens (including phenoxy) is 3. The van der Waals surface area contributed by atoms with Gasteiger partial charge in [-0.05, 0) is 75.0 Å². The number of likely N-dealkylation sites (tertiary alicyclic amines) is 1. The second kappa shape index (κ2) is 10.7. The van der Waals surface area contributed by atoms with Crippen LogP contribution in [-0.2, 0) is 28.4 Å². The molecule has 0 spiro atoms. The second-order valence-corrected chi connectivity index (χ2v) is 11.0. The molecular weight excluding hydrogens is 513 g/mol. The molecule has 2 saturated heterocycles. The van der Waals surface area contributed by atoms with Gasteiger partial charge in [0.2, 0.25) is 0 Å². The van der Waals surface area contributed by atoms with Crippen molar-refractivity contribution in [3.8, 4) is 11.5 Å². The molecule has 0 radical (unpaired) electrons. The third kappa shape index (κ3) is 5.23. The quantitative estimate of drug-likeness (QED) is 0.386. The molecule has 2 aromatic carbocycles. The van der Waals surface area contributed by atoms with Gasteiger partial charge < -0.3 is 23.9 Å². The number of imidazole rings is 1. The maximum absolute atomic E-state index is 14.8. The molecule has 1 aromatic heterocycles. The zero-order valence-electron chi connectivity index (χ0n) is 22.8. The lowest BCUT2D eigenvalue weighted by Crippen LogP contribution is -2.35. The molecule has 0 aliphatic carbocycles. The smallest absolute Gasteiger partial charge is 0.328 e. The lowest BCUT2D eigenvalue weighted by Gasteiger charge is -2.33. The minimum Gasteiger partial charge on any atom is -0.478 e. The monoisotopic (exact) mass is 547 g/mol. The number of hydrogen-bond donors (Lipinski definition) is 1. The van der Waals surface area contributed by atoms with Crippen LogP contribution in [0.3, 0.4) is 0 Å². The Balaban J connectivity index is 1.14. The number of nitrogens with zero attached hydrogens (tertiary/aromatic N) is 3. The lowest BCUT2D eigenvalue weighted by atomic mass is 9.88. The summed E-state index contributed by atoms with van der Waals surface area (Å²) in [6, 6.07) is 11.1. The summed E-state index contributed by atoms with van der Waals surface area (Å²) in [6.07, 6.45) is 7.48. The third-order valence-corrected chi connectivity index (χ3v) is 8.16. The van der Waals surface area contributed by atoms with Crippen LogP contribution in [0.2, 0.25) is 0 Å². The first-order valence-electron chi connectivity index (χ1n) is 13.9. The van der Waals surface area contributed by atoms with Crippen molar-refractivity contribution in [3.05, 3.63) is 82.7 Å². The van der Waals surface area contributed by atoms with Gasteiger partial charge in [0.15, 0.2) is 11.5 Å². The van der Waals surface area contributed by atoms with Crippen molar-refractivity contribution in [2.75, 3.05) is 19.7 Å². The van der Waals surface area contributed by atoms with E-state index in [0.717, 1.165) is 67.7 Å². The highest BCUT2D eigenvalue weighted by atomic mass is 19.1. The van der Waals surface area contributed by atoms with Gasteiger partial charge in [-0.15, -0.1) is 0 Å². The number of para-hydroxylation sites is 1. The summed E-state index contributed by atoms with van der Waals surface area (Å²) in [5.41, 5.74) is 3.10. The summed E-state index contributed by atoms with van der Waals surface area (Å²) in [4.78, 5) is 18.1. The van der Waals surface area contributed by atoms with E-state index in [1.54, 1.807) is 25.3 Å². The highest BCUT2D eigenvalue weighted by Crippen LogP contribution is 2.49. The SMILES string of the molecule is Cc1ccc([C@@]2(C)Oc3cccc(C4CCN(Cc5ncc(/C=C/C(=O)O)n5C[C@@H]5CCO5)CC4)c3O2)c(F)c1. The molecule has 9 heteroatoms. The summed E-state index contributed by atoms with van der Waals surface area (Å²) >= 11 is 0. The predicted molar refractivity (Wildman–Crippen MR) is 147 cm³/mol. The first-order valence-corrected chi connectivity index (χ1v) is 13.9. The Morgan fingerprint density at radius 2 is 2.00 bits per heavy atom. The van der Waals surface area contributed by atoms with E-state index in [1.807, 2.05) is 25.1 Å². The van der Waals surface area contributed by atoms with E-state index in [2.05, 4.69) is 20.5 Å². The van der Waals surface area contributed by atoms with E-state index in [1.165, 1.54) is 6.07 Å². The number of piperidine rings is 1. The number of carbonyl (C=O) groups is 1. The van der Waals surface area contributed by atoms with Crippen molar-refractivity contribution >= 4 is 12.0 Å². The van der Waals surface area contributed by atoms with Crippen molar-refractivity contribution in [3.63, 3.8) is 0 Å². The van der Waals surface area contributed by atoms with Crippen LogP contribution in [0.1, 0.15) is 60.3 Å². The number of hydrogen-bond acceptors (Lipinski definition) is 6. The third-order valence-electron chi connectivity index (χ3n) is 8.16.